The van der Waals surface area contributed by atoms with Crippen LogP contribution in [0.4, 0.5) is 5.95 Å². The van der Waals surface area contributed by atoms with Crippen LogP contribution in [0, 0.1) is 18.8 Å². The minimum Gasteiger partial charge on any atom is -0.369 e. The third-order valence-corrected chi connectivity index (χ3v) is 4.98. The van der Waals surface area contributed by atoms with Crippen LogP contribution >= 0.6 is 0 Å². The van der Waals surface area contributed by atoms with Crippen LogP contribution in [0.15, 0.2) is 18.2 Å². The second-order valence-corrected chi connectivity index (χ2v) is 6.32. The van der Waals surface area contributed by atoms with Gasteiger partial charge in [0.25, 0.3) is 0 Å². The van der Waals surface area contributed by atoms with E-state index in [4.69, 9.17) is 5.73 Å². The molecule has 0 aliphatic heterocycles. The van der Waals surface area contributed by atoms with E-state index in [9.17, 15) is 0 Å². The fourth-order valence-electron chi connectivity index (χ4n) is 3.65. The summed E-state index contributed by atoms with van der Waals surface area (Å²) in [6.07, 6.45) is 6.77. The summed E-state index contributed by atoms with van der Waals surface area (Å²) in [6, 6.07) is 6.26. The van der Waals surface area contributed by atoms with E-state index in [0.29, 0.717) is 5.95 Å². The second kappa shape index (κ2) is 5.47. The van der Waals surface area contributed by atoms with Gasteiger partial charge in [0.2, 0.25) is 5.95 Å². The Morgan fingerprint density at radius 2 is 1.90 bits per heavy atom. The molecule has 0 bridgehead atoms. The van der Waals surface area contributed by atoms with Gasteiger partial charge in [-0.1, -0.05) is 38.3 Å². The van der Waals surface area contributed by atoms with Gasteiger partial charge in [-0.2, -0.15) is 0 Å². The van der Waals surface area contributed by atoms with Crippen LogP contribution in [-0.2, 0) is 6.54 Å². The van der Waals surface area contributed by atoms with Crippen molar-refractivity contribution < 1.29 is 0 Å². The average molecular weight is 271 g/mol. The van der Waals surface area contributed by atoms with E-state index in [-0.39, 0.29) is 0 Å². The molecule has 1 saturated carbocycles. The number of benzene rings is 1. The van der Waals surface area contributed by atoms with Crippen molar-refractivity contribution >= 4 is 17.0 Å². The summed E-state index contributed by atoms with van der Waals surface area (Å²) in [5.41, 5.74) is 9.67. The third-order valence-electron chi connectivity index (χ3n) is 4.98. The molecule has 0 radical (unpaired) electrons. The van der Waals surface area contributed by atoms with Gasteiger partial charge in [0.05, 0.1) is 11.0 Å². The number of para-hydroxylation sites is 1. The van der Waals surface area contributed by atoms with Crippen molar-refractivity contribution in [3.05, 3.63) is 23.8 Å². The Hall–Kier alpha value is -1.51. The highest BCUT2D eigenvalue weighted by molar-refractivity contribution is 5.81. The second-order valence-electron chi connectivity index (χ2n) is 6.32. The zero-order valence-corrected chi connectivity index (χ0v) is 12.6. The van der Waals surface area contributed by atoms with Crippen LogP contribution in [0.5, 0.6) is 0 Å². The third kappa shape index (κ3) is 2.41. The first kappa shape index (κ1) is 13.5. The molecule has 3 rings (SSSR count). The van der Waals surface area contributed by atoms with Gasteiger partial charge >= 0.3 is 0 Å². The Labute approximate surface area is 121 Å². The lowest BCUT2D eigenvalue weighted by Crippen LogP contribution is -2.19. The van der Waals surface area contributed by atoms with Crippen molar-refractivity contribution in [1.29, 1.82) is 0 Å². The number of imidazole rings is 1. The topological polar surface area (TPSA) is 43.8 Å². The highest BCUT2D eigenvalue weighted by atomic mass is 15.2. The Morgan fingerprint density at radius 3 is 2.60 bits per heavy atom. The van der Waals surface area contributed by atoms with Crippen molar-refractivity contribution in [2.75, 3.05) is 5.73 Å². The number of anilines is 1. The lowest BCUT2D eigenvalue weighted by Gasteiger charge is -2.28. The predicted molar refractivity (Wildman–Crippen MR) is 84.6 cm³/mol. The minimum absolute atomic E-state index is 0.673. The molecule has 1 aliphatic carbocycles. The highest BCUT2D eigenvalue weighted by Gasteiger charge is 2.22. The van der Waals surface area contributed by atoms with Crippen molar-refractivity contribution in [3.63, 3.8) is 0 Å². The van der Waals surface area contributed by atoms with Gasteiger partial charge in [-0.25, -0.2) is 4.98 Å². The van der Waals surface area contributed by atoms with Crippen molar-refractivity contribution in [3.8, 4) is 0 Å². The summed E-state index contributed by atoms with van der Waals surface area (Å²) < 4.78 is 2.24. The number of nitrogens with zero attached hydrogens (tertiary/aromatic N) is 2. The maximum Gasteiger partial charge on any atom is 0.201 e. The van der Waals surface area contributed by atoms with Crippen LogP contribution in [0.3, 0.4) is 0 Å². The van der Waals surface area contributed by atoms with E-state index in [0.717, 1.165) is 23.9 Å². The summed E-state index contributed by atoms with van der Waals surface area (Å²) in [5, 5.41) is 0. The fraction of sp³-hybridized carbons (Fsp3) is 0.588. The molecule has 0 spiro atoms. The molecule has 1 fully saturated rings. The molecule has 2 N–H and O–H groups in total. The predicted octanol–water partition coefficient (Wildman–Crippen LogP) is 4.14. The van der Waals surface area contributed by atoms with E-state index >= 15 is 0 Å². The molecule has 0 saturated heterocycles. The van der Waals surface area contributed by atoms with Gasteiger partial charge in [0.15, 0.2) is 0 Å². The van der Waals surface area contributed by atoms with Gasteiger partial charge < -0.3 is 10.3 Å². The quantitative estimate of drug-likeness (QED) is 0.911. The molecule has 1 heterocycles. The number of fused-ring (bicyclic) bond motifs is 1. The number of aromatic nitrogens is 2. The number of hydrogen-bond acceptors (Lipinski definition) is 2. The van der Waals surface area contributed by atoms with E-state index < -0.39 is 0 Å². The standard InChI is InChI=1S/C17H25N3/c1-3-13-7-9-14(10-8-13)11-20-16-12(2)5-4-6-15(16)19-17(20)18/h4-6,13-14H,3,7-11H2,1-2H3,(H2,18,19). The number of rotatable bonds is 3. The first-order valence-corrected chi connectivity index (χ1v) is 7.90. The van der Waals surface area contributed by atoms with Crippen LogP contribution < -0.4 is 5.73 Å². The summed E-state index contributed by atoms with van der Waals surface area (Å²) in [6.45, 7) is 5.49. The molecule has 1 aromatic carbocycles. The van der Waals surface area contributed by atoms with Crippen LogP contribution in [0.2, 0.25) is 0 Å². The summed E-state index contributed by atoms with van der Waals surface area (Å²) >= 11 is 0. The van der Waals surface area contributed by atoms with Crippen LogP contribution in [0.25, 0.3) is 11.0 Å². The van der Waals surface area contributed by atoms with Gasteiger partial charge in [-0.05, 0) is 43.2 Å². The van der Waals surface area contributed by atoms with Gasteiger partial charge in [-0.3, -0.25) is 0 Å². The molecule has 1 aliphatic rings. The lowest BCUT2D eigenvalue weighted by atomic mass is 9.81. The maximum absolute atomic E-state index is 6.14. The van der Waals surface area contributed by atoms with Crippen molar-refractivity contribution in [1.82, 2.24) is 9.55 Å². The molecule has 20 heavy (non-hydrogen) atoms. The molecule has 3 heteroatoms. The molecule has 1 aromatic heterocycles. The van der Waals surface area contributed by atoms with Gasteiger partial charge in [-0.15, -0.1) is 0 Å². The first-order valence-electron chi connectivity index (χ1n) is 7.90. The van der Waals surface area contributed by atoms with E-state index in [1.807, 2.05) is 0 Å². The summed E-state index contributed by atoms with van der Waals surface area (Å²) in [4.78, 5) is 4.51. The SMILES string of the molecule is CCC1CCC(Cn2c(N)nc3cccc(C)c32)CC1. The molecule has 108 valence electrons. The van der Waals surface area contributed by atoms with Gasteiger partial charge in [0.1, 0.15) is 0 Å². The lowest BCUT2D eigenvalue weighted by molar-refractivity contribution is 0.250. The first-order chi connectivity index (χ1) is 9.69. The van der Waals surface area contributed by atoms with E-state index in [1.165, 1.54) is 43.2 Å². The van der Waals surface area contributed by atoms with E-state index in [2.05, 4.69) is 41.6 Å². The van der Waals surface area contributed by atoms with Crippen molar-refractivity contribution in [2.24, 2.45) is 11.8 Å². The largest absolute Gasteiger partial charge is 0.369 e. The normalized spacial score (nSPS) is 23.3. The smallest absolute Gasteiger partial charge is 0.201 e. The van der Waals surface area contributed by atoms with Crippen molar-refractivity contribution in [2.45, 2.75) is 52.5 Å². The Morgan fingerprint density at radius 1 is 1.20 bits per heavy atom. The Balaban J connectivity index is 1.83. The number of nitrogens with two attached hydrogens (primary N) is 1. The molecular weight excluding hydrogens is 246 g/mol. The molecule has 0 atom stereocenters. The maximum atomic E-state index is 6.14. The zero-order valence-electron chi connectivity index (χ0n) is 12.6. The number of nitrogen functional groups attached to an aromatic ring is 1. The average Bonchev–Trinajstić information content (AvgIpc) is 2.77. The molecule has 0 unspecified atom stereocenters. The molecule has 2 aromatic rings. The summed E-state index contributed by atoms with van der Waals surface area (Å²) in [5.74, 6) is 2.38. The zero-order chi connectivity index (χ0) is 14.1. The van der Waals surface area contributed by atoms with Gasteiger partial charge in [0, 0.05) is 6.54 Å². The van der Waals surface area contributed by atoms with Crippen LogP contribution in [-0.4, -0.2) is 9.55 Å². The monoisotopic (exact) mass is 271 g/mol. The van der Waals surface area contributed by atoms with Crippen LogP contribution in [0.1, 0.15) is 44.6 Å². The van der Waals surface area contributed by atoms with E-state index in [1.54, 1.807) is 0 Å². The Bertz CT molecular complexity index is 592. The minimum atomic E-state index is 0.673. The Kier molecular flexibility index (Phi) is 3.68. The molecular formula is C17H25N3. The highest BCUT2D eigenvalue weighted by Crippen LogP contribution is 2.33. The fourth-order valence-corrected chi connectivity index (χ4v) is 3.65. The summed E-state index contributed by atoms with van der Waals surface area (Å²) in [7, 11) is 0. The number of hydrogen-bond donors (Lipinski definition) is 1. The number of aryl methyl sites for hydroxylation is 1. The molecule has 0 amide bonds. The molecule has 3 nitrogen and oxygen atoms in total.